The van der Waals surface area contributed by atoms with E-state index in [2.05, 4.69) is 0 Å². The van der Waals surface area contributed by atoms with Gasteiger partial charge < -0.3 is 24.6 Å². The van der Waals surface area contributed by atoms with E-state index in [4.69, 9.17) is 24.6 Å². The van der Waals surface area contributed by atoms with Crippen molar-refractivity contribution < 1.29 is 34.2 Å². The van der Waals surface area contributed by atoms with Crippen molar-refractivity contribution in [3.8, 4) is 0 Å². The summed E-state index contributed by atoms with van der Waals surface area (Å²) in [5.41, 5.74) is 0. The molecule has 1 atom stereocenters. The Balaban J connectivity index is 3.98. The average molecular weight is 238 g/mol. The third kappa shape index (κ3) is 8.06. The molecule has 0 fully saturated rings. The Kier molecular flexibility index (Phi) is 5.43. The second kappa shape index (κ2) is 5.81. The third-order valence-corrected chi connectivity index (χ3v) is 2.86. The van der Waals surface area contributed by atoms with Gasteiger partial charge in [-0.2, -0.15) is 0 Å². The Bertz CT molecular complexity index is 234. The van der Waals surface area contributed by atoms with Crippen molar-refractivity contribution in [2.24, 2.45) is 5.92 Å². The van der Waals surface area contributed by atoms with Crippen LogP contribution in [0.5, 0.6) is 0 Å². The molecule has 0 spiro atoms. The Morgan fingerprint density at radius 1 is 1.13 bits per heavy atom. The first-order valence-electron chi connectivity index (χ1n) is 4.34. The molecule has 0 aliphatic heterocycles. The summed E-state index contributed by atoms with van der Waals surface area (Å²) in [6, 6.07) is -0.281. The van der Waals surface area contributed by atoms with Crippen molar-refractivity contribution in [1.82, 2.24) is 0 Å². The predicted octanol–water partition coefficient (Wildman–Crippen LogP) is -1.14. The van der Waals surface area contributed by atoms with Gasteiger partial charge in [-0.3, -0.25) is 9.59 Å². The molecule has 0 amide bonds. The zero-order valence-electron chi connectivity index (χ0n) is 7.96. The van der Waals surface area contributed by atoms with Crippen molar-refractivity contribution >= 4 is 20.7 Å². The second-order valence-corrected chi connectivity index (χ2v) is 5.35. The SMILES string of the molecule is O=C(O)CC(CCC[Si](O)(O)O)C(=O)O. The van der Waals surface area contributed by atoms with E-state index in [1.54, 1.807) is 0 Å². The molecule has 5 N–H and O–H groups in total. The summed E-state index contributed by atoms with van der Waals surface area (Å²) in [6.07, 6.45) is -0.440. The van der Waals surface area contributed by atoms with E-state index in [0.717, 1.165) is 0 Å². The molecule has 0 aliphatic rings. The molecule has 0 heterocycles. The number of aliphatic carboxylic acids is 2. The van der Waals surface area contributed by atoms with Gasteiger partial charge in [0.1, 0.15) is 0 Å². The van der Waals surface area contributed by atoms with Crippen LogP contribution in [-0.2, 0) is 9.59 Å². The van der Waals surface area contributed by atoms with Gasteiger partial charge in [0.15, 0.2) is 0 Å². The van der Waals surface area contributed by atoms with E-state index < -0.39 is 33.1 Å². The van der Waals surface area contributed by atoms with E-state index in [1.807, 2.05) is 0 Å². The highest BCUT2D eigenvalue weighted by Gasteiger charge is 2.28. The lowest BCUT2D eigenvalue weighted by Gasteiger charge is -2.12. The van der Waals surface area contributed by atoms with Crippen LogP contribution in [0.25, 0.3) is 0 Å². The molecule has 88 valence electrons. The first-order valence-corrected chi connectivity index (χ1v) is 6.39. The monoisotopic (exact) mass is 238 g/mol. The minimum absolute atomic E-state index is 0.00192. The number of rotatable bonds is 7. The van der Waals surface area contributed by atoms with Crippen LogP contribution in [0, 0.1) is 5.92 Å². The lowest BCUT2D eigenvalue weighted by atomic mass is 10.0. The zero-order valence-corrected chi connectivity index (χ0v) is 8.96. The molecule has 0 radical (unpaired) electrons. The smallest absolute Gasteiger partial charge is 0.481 e. The minimum atomic E-state index is -4.14. The van der Waals surface area contributed by atoms with Gasteiger partial charge in [0.2, 0.25) is 0 Å². The summed E-state index contributed by atoms with van der Waals surface area (Å²) >= 11 is 0. The van der Waals surface area contributed by atoms with Crippen LogP contribution in [0.3, 0.4) is 0 Å². The zero-order chi connectivity index (χ0) is 12.1. The Morgan fingerprint density at radius 3 is 2.00 bits per heavy atom. The Hall–Kier alpha value is -0.963. The molecule has 0 aliphatic carbocycles. The summed E-state index contributed by atoms with van der Waals surface area (Å²) in [5, 5.41) is 17.0. The molecule has 0 rings (SSSR count). The molecule has 0 aromatic rings. The van der Waals surface area contributed by atoms with Crippen molar-refractivity contribution in [2.75, 3.05) is 0 Å². The highest BCUT2D eigenvalue weighted by Crippen LogP contribution is 2.15. The first-order chi connectivity index (χ1) is 6.72. The molecule has 1 unspecified atom stereocenters. The van der Waals surface area contributed by atoms with Crippen LogP contribution >= 0.6 is 0 Å². The number of carbonyl (C=O) groups is 2. The highest BCUT2D eigenvalue weighted by atomic mass is 28.4. The van der Waals surface area contributed by atoms with Gasteiger partial charge in [-0.1, -0.05) is 0 Å². The predicted molar refractivity (Wildman–Crippen MR) is 49.8 cm³/mol. The molecule has 15 heavy (non-hydrogen) atoms. The average Bonchev–Trinajstić information content (AvgIpc) is 1.99. The second-order valence-electron chi connectivity index (χ2n) is 3.30. The van der Waals surface area contributed by atoms with Gasteiger partial charge in [-0.15, -0.1) is 0 Å². The summed E-state index contributed by atoms with van der Waals surface area (Å²) < 4.78 is 0. The molecule has 0 saturated heterocycles. The van der Waals surface area contributed by atoms with Crippen molar-refractivity contribution in [3.05, 3.63) is 0 Å². The molecule has 0 saturated carbocycles. The molecule has 0 bridgehead atoms. The third-order valence-electron chi connectivity index (χ3n) is 1.84. The van der Waals surface area contributed by atoms with Gasteiger partial charge in [0.05, 0.1) is 12.3 Å². The standard InChI is InChI=1S/C7H14O7Si/c8-6(9)4-5(7(10)11)2-1-3-15(12,13)14/h5,12-14H,1-4H2,(H,8,9)(H,10,11). The summed E-state index contributed by atoms with van der Waals surface area (Å²) in [6.45, 7) is 0. The van der Waals surface area contributed by atoms with E-state index in [9.17, 15) is 9.59 Å². The molecule has 0 aromatic carbocycles. The molecule has 8 heteroatoms. The molecular weight excluding hydrogens is 224 g/mol. The molecule has 7 nitrogen and oxygen atoms in total. The van der Waals surface area contributed by atoms with Gasteiger partial charge >= 0.3 is 20.7 Å². The first kappa shape index (κ1) is 14.0. The maximum absolute atomic E-state index is 10.6. The quantitative estimate of drug-likeness (QED) is 0.354. The van der Waals surface area contributed by atoms with Gasteiger partial charge in [-0.25, -0.2) is 0 Å². The summed E-state index contributed by atoms with van der Waals surface area (Å²) in [5.74, 6) is -3.51. The summed E-state index contributed by atoms with van der Waals surface area (Å²) in [4.78, 5) is 46.7. The van der Waals surface area contributed by atoms with Gasteiger partial charge in [-0.05, 0) is 12.8 Å². The summed E-state index contributed by atoms with van der Waals surface area (Å²) in [7, 11) is -4.14. The lowest BCUT2D eigenvalue weighted by molar-refractivity contribution is -0.148. The molecule has 0 aromatic heterocycles. The fourth-order valence-corrected chi connectivity index (χ4v) is 1.79. The van der Waals surface area contributed by atoms with Crippen LogP contribution in [0.4, 0.5) is 0 Å². The lowest BCUT2D eigenvalue weighted by Crippen LogP contribution is -2.34. The van der Waals surface area contributed by atoms with Crippen molar-refractivity contribution in [1.29, 1.82) is 0 Å². The van der Waals surface area contributed by atoms with Gasteiger partial charge in [0, 0.05) is 6.04 Å². The topological polar surface area (TPSA) is 135 Å². The van der Waals surface area contributed by atoms with E-state index in [-0.39, 0.29) is 18.9 Å². The van der Waals surface area contributed by atoms with E-state index in [0.29, 0.717) is 0 Å². The minimum Gasteiger partial charge on any atom is -0.481 e. The fraction of sp³-hybridized carbons (Fsp3) is 0.714. The Labute approximate surface area is 87.0 Å². The number of carboxylic acids is 2. The van der Waals surface area contributed by atoms with Crippen molar-refractivity contribution in [3.63, 3.8) is 0 Å². The number of carboxylic acid groups (broad SMARTS) is 2. The number of hydrogen-bond donors (Lipinski definition) is 5. The van der Waals surface area contributed by atoms with Crippen LogP contribution < -0.4 is 0 Å². The van der Waals surface area contributed by atoms with E-state index in [1.165, 1.54) is 0 Å². The normalized spacial score (nSPS) is 13.5. The fourth-order valence-electron chi connectivity index (χ4n) is 1.11. The van der Waals surface area contributed by atoms with Crippen LogP contribution in [0.2, 0.25) is 6.04 Å². The van der Waals surface area contributed by atoms with Gasteiger partial charge in [0.25, 0.3) is 0 Å². The number of hydrogen-bond acceptors (Lipinski definition) is 5. The molecular formula is C7H14O7Si. The van der Waals surface area contributed by atoms with Crippen LogP contribution in [0.1, 0.15) is 19.3 Å². The van der Waals surface area contributed by atoms with Crippen LogP contribution in [0.15, 0.2) is 0 Å². The Morgan fingerprint density at radius 2 is 1.67 bits per heavy atom. The van der Waals surface area contributed by atoms with Crippen LogP contribution in [-0.4, -0.2) is 45.3 Å². The largest absolute Gasteiger partial charge is 0.492 e. The van der Waals surface area contributed by atoms with Crippen molar-refractivity contribution in [2.45, 2.75) is 25.3 Å². The van der Waals surface area contributed by atoms with E-state index >= 15 is 0 Å². The highest BCUT2D eigenvalue weighted by molar-refractivity contribution is 6.56. The maximum Gasteiger partial charge on any atom is 0.492 e. The maximum atomic E-state index is 10.6.